The van der Waals surface area contributed by atoms with Crippen LogP contribution in [0.25, 0.3) is 11.0 Å². The Bertz CT molecular complexity index is 1030. The van der Waals surface area contributed by atoms with Gasteiger partial charge in [-0.2, -0.15) is 0 Å². The van der Waals surface area contributed by atoms with Gasteiger partial charge in [0.1, 0.15) is 5.56 Å². The second-order valence-corrected chi connectivity index (χ2v) is 5.66. The summed E-state index contributed by atoms with van der Waals surface area (Å²) in [5, 5.41) is 3.14. The van der Waals surface area contributed by atoms with Crippen molar-refractivity contribution in [1.29, 1.82) is 0 Å². The highest BCUT2D eigenvalue weighted by molar-refractivity contribution is 5.95. The minimum absolute atomic E-state index is 0.238. The first-order valence-electron chi connectivity index (χ1n) is 8.17. The lowest BCUT2D eigenvalue weighted by Crippen LogP contribution is -2.29. The van der Waals surface area contributed by atoms with Crippen molar-refractivity contribution in [2.24, 2.45) is 0 Å². The van der Waals surface area contributed by atoms with Crippen LogP contribution in [-0.4, -0.2) is 25.6 Å². The molecule has 138 valence electrons. The molecule has 0 saturated heterocycles. The molecule has 3 aromatic rings. The predicted octanol–water partition coefficient (Wildman–Crippen LogP) is 2.27. The van der Waals surface area contributed by atoms with E-state index in [9.17, 15) is 14.4 Å². The zero-order valence-corrected chi connectivity index (χ0v) is 14.6. The van der Waals surface area contributed by atoms with Gasteiger partial charge in [-0.1, -0.05) is 42.5 Å². The standard InChI is InChI=1S/C20H17NO6/c1-25-16-9-5-8-14-10-15(20(24)27-18(14)16)19(23)26-12-17(22)21-11-13-6-3-2-4-7-13/h2-10H,11-12H2,1H3,(H,21,22). The van der Waals surface area contributed by atoms with Crippen molar-refractivity contribution in [3.8, 4) is 5.75 Å². The number of ether oxygens (including phenoxy) is 2. The van der Waals surface area contributed by atoms with Crippen LogP contribution in [0.5, 0.6) is 5.75 Å². The summed E-state index contributed by atoms with van der Waals surface area (Å²) in [6.07, 6.45) is 0. The van der Waals surface area contributed by atoms with Gasteiger partial charge in [-0.15, -0.1) is 0 Å². The number of esters is 1. The van der Waals surface area contributed by atoms with Crippen LogP contribution in [0.4, 0.5) is 0 Å². The van der Waals surface area contributed by atoms with Gasteiger partial charge in [-0.05, 0) is 17.7 Å². The average molecular weight is 367 g/mol. The number of para-hydroxylation sites is 1. The molecule has 1 heterocycles. The van der Waals surface area contributed by atoms with Crippen LogP contribution in [0.3, 0.4) is 0 Å². The Kier molecular flexibility index (Phi) is 5.51. The number of rotatable bonds is 6. The van der Waals surface area contributed by atoms with E-state index in [1.807, 2.05) is 30.3 Å². The lowest BCUT2D eigenvalue weighted by Gasteiger charge is -2.07. The third-order valence-electron chi connectivity index (χ3n) is 3.83. The molecule has 0 fully saturated rings. The SMILES string of the molecule is COc1cccc2cc(C(=O)OCC(=O)NCc3ccccc3)c(=O)oc12. The summed E-state index contributed by atoms with van der Waals surface area (Å²) in [7, 11) is 1.45. The van der Waals surface area contributed by atoms with E-state index in [4.69, 9.17) is 13.9 Å². The Labute approximate surface area is 154 Å². The van der Waals surface area contributed by atoms with Gasteiger partial charge in [0.15, 0.2) is 17.9 Å². The highest BCUT2D eigenvalue weighted by Gasteiger charge is 2.18. The van der Waals surface area contributed by atoms with Crippen LogP contribution < -0.4 is 15.7 Å². The van der Waals surface area contributed by atoms with Gasteiger partial charge in [-0.25, -0.2) is 9.59 Å². The van der Waals surface area contributed by atoms with Gasteiger partial charge in [-0.3, -0.25) is 4.79 Å². The Hall–Kier alpha value is -3.61. The van der Waals surface area contributed by atoms with Gasteiger partial charge in [0.25, 0.3) is 5.91 Å². The summed E-state index contributed by atoms with van der Waals surface area (Å²) in [6.45, 7) is -0.184. The highest BCUT2D eigenvalue weighted by Crippen LogP contribution is 2.24. The van der Waals surface area contributed by atoms with Crippen molar-refractivity contribution < 1.29 is 23.5 Å². The molecule has 1 N–H and O–H groups in total. The first-order chi connectivity index (χ1) is 13.1. The fourth-order valence-corrected chi connectivity index (χ4v) is 2.48. The molecule has 0 bridgehead atoms. The number of methoxy groups -OCH3 is 1. The quantitative estimate of drug-likeness (QED) is 0.530. The fourth-order valence-electron chi connectivity index (χ4n) is 2.48. The molecule has 3 rings (SSSR count). The minimum atomic E-state index is -0.927. The number of amides is 1. The van der Waals surface area contributed by atoms with E-state index in [0.717, 1.165) is 5.56 Å². The summed E-state index contributed by atoms with van der Waals surface area (Å²) in [5.74, 6) is -1.02. The number of benzene rings is 2. The van der Waals surface area contributed by atoms with Crippen LogP contribution in [-0.2, 0) is 16.1 Å². The number of hydrogen-bond acceptors (Lipinski definition) is 6. The number of fused-ring (bicyclic) bond motifs is 1. The van der Waals surface area contributed by atoms with E-state index in [2.05, 4.69) is 5.32 Å². The molecule has 0 aliphatic heterocycles. The number of carbonyl (C=O) groups excluding carboxylic acids is 2. The molecular formula is C20H17NO6. The summed E-state index contributed by atoms with van der Waals surface area (Å²) in [4.78, 5) is 36.0. The summed E-state index contributed by atoms with van der Waals surface area (Å²) in [6, 6.07) is 15.7. The van der Waals surface area contributed by atoms with E-state index in [0.29, 0.717) is 17.7 Å². The van der Waals surface area contributed by atoms with Gasteiger partial charge in [0.05, 0.1) is 7.11 Å². The van der Waals surface area contributed by atoms with Gasteiger partial charge < -0.3 is 19.2 Å². The topological polar surface area (TPSA) is 94.8 Å². The third kappa shape index (κ3) is 4.33. The van der Waals surface area contributed by atoms with Crippen LogP contribution in [0.2, 0.25) is 0 Å². The van der Waals surface area contributed by atoms with Crippen LogP contribution in [0.1, 0.15) is 15.9 Å². The van der Waals surface area contributed by atoms with Crippen molar-refractivity contribution >= 4 is 22.8 Å². The largest absolute Gasteiger partial charge is 0.493 e. The molecule has 27 heavy (non-hydrogen) atoms. The Morgan fingerprint density at radius 2 is 1.85 bits per heavy atom. The molecule has 0 aliphatic rings. The Morgan fingerprint density at radius 3 is 2.59 bits per heavy atom. The van der Waals surface area contributed by atoms with Crippen molar-refractivity contribution in [2.75, 3.05) is 13.7 Å². The van der Waals surface area contributed by atoms with E-state index in [1.165, 1.54) is 13.2 Å². The summed E-state index contributed by atoms with van der Waals surface area (Å²) < 4.78 is 15.2. The number of carbonyl (C=O) groups is 2. The number of nitrogens with one attached hydrogen (secondary N) is 1. The van der Waals surface area contributed by atoms with Gasteiger partial charge in [0, 0.05) is 11.9 Å². The smallest absolute Gasteiger partial charge is 0.351 e. The van der Waals surface area contributed by atoms with Crippen molar-refractivity contribution in [3.05, 3.63) is 76.1 Å². The molecule has 0 unspecified atom stereocenters. The lowest BCUT2D eigenvalue weighted by atomic mass is 10.2. The third-order valence-corrected chi connectivity index (χ3v) is 3.83. The second kappa shape index (κ2) is 8.18. The molecule has 7 nitrogen and oxygen atoms in total. The molecule has 1 amide bonds. The van der Waals surface area contributed by atoms with Crippen molar-refractivity contribution in [3.63, 3.8) is 0 Å². The fraction of sp³-hybridized carbons (Fsp3) is 0.150. The zero-order valence-electron chi connectivity index (χ0n) is 14.6. The maximum atomic E-state index is 12.1. The number of hydrogen-bond donors (Lipinski definition) is 1. The molecule has 0 aliphatic carbocycles. The maximum absolute atomic E-state index is 12.1. The molecule has 0 atom stereocenters. The molecule has 1 aromatic heterocycles. The second-order valence-electron chi connectivity index (χ2n) is 5.66. The van der Waals surface area contributed by atoms with Crippen LogP contribution in [0.15, 0.2) is 63.8 Å². The first kappa shape index (κ1) is 18.2. The molecule has 0 spiro atoms. The monoisotopic (exact) mass is 367 g/mol. The van der Waals surface area contributed by atoms with Crippen LogP contribution in [0, 0.1) is 0 Å². The molecule has 7 heteroatoms. The van der Waals surface area contributed by atoms with Crippen molar-refractivity contribution in [1.82, 2.24) is 5.32 Å². The van der Waals surface area contributed by atoms with E-state index in [-0.39, 0.29) is 11.1 Å². The molecule has 2 aromatic carbocycles. The first-order valence-corrected chi connectivity index (χ1v) is 8.17. The normalized spacial score (nSPS) is 10.4. The highest BCUT2D eigenvalue weighted by atomic mass is 16.5. The summed E-state index contributed by atoms with van der Waals surface area (Å²) >= 11 is 0. The maximum Gasteiger partial charge on any atom is 0.351 e. The summed E-state index contributed by atoms with van der Waals surface area (Å²) in [5.41, 5.74) is 0.0109. The Balaban J connectivity index is 1.65. The minimum Gasteiger partial charge on any atom is -0.493 e. The van der Waals surface area contributed by atoms with Crippen molar-refractivity contribution in [2.45, 2.75) is 6.54 Å². The van der Waals surface area contributed by atoms with E-state index < -0.39 is 24.1 Å². The lowest BCUT2D eigenvalue weighted by molar-refractivity contribution is -0.124. The van der Waals surface area contributed by atoms with Gasteiger partial charge >= 0.3 is 11.6 Å². The Morgan fingerprint density at radius 1 is 1.07 bits per heavy atom. The van der Waals surface area contributed by atoms with E-state index in [1.54, 1.807) is 18.2 Å². The van der Waals surface area contributed by atoms with E-state index >= 15 is 0 Å². The molecular weight excluding hydrogens is 350 g/mol. The average Bonchev–Trinajstić information content (AvgIpc) is 2.70. The predicted molar refractivity (Wildman–Crippen MR) is 97.6 cm³/mol. The van der Waals surface area contributed by atoms with Gasteiger partial charge in [0.2, 0.25) is 0 Å². The van der Waals surface area contributed by atoms with Crippen LogP contribution >= 0.6 is 0 Å². The molecule has 0 radical (unpaired) electrons. The zero-order chi connectivity index (χ0) is 19.2. The molecule has 0 saturated carbocycles.